The van der Waals surface area contributed by atoms with Crippen molar-refractivity contribution in [3.05, 3.63) is 24.3 Å². The first kappa shape index (κ1) is 13.2. The van der Waals surface area contributed by atoms with Crippen molar-refractivity contribution in [1.29, 1.82) is 0 Å². The molecule has 0 bridgehead atoms. The Kier molecular flexibility index (Phi) is 5.53. The molecule has 0 spiro atoms. The van der Waals surface area contributed by atoms with Crippen LogP contribution in [0.15, 0.2) is 24.3 Å². The highest BCUT2D eigenvalue weighted by Crippen LogP contribution is 2.21. The van der Waals surface area contributed by atoms with Gasteiger partial charge in [-0.3, -0.25) is 0 Å². The number of benzene rings is 1. The zero-order chi connectivity index (χ0) is 12.0. The van der Waals surface area contributed by atoms with Gasteiger partial charge >= 0.3 is 0 Å². The van der Waals surface area contributed by atoms with Crippen LogP contribution in [0.3, 0.4) is 0 Å². The average Bonchev–Trinajstić information content (AvgIpc) is 2.26. The Balaban J connectivity index is 2.24. The molecule has 0 aliphatic rings. The SMILES string of the molecule is CC(C)C(C)SCCOc1ccccc1N. The summed E-state index contributed by atoms with van der Waals surface area (Å²) >= 11 is 1.94. The molecular formula is C13H21NOS. The zero-order valence-electron chi connectivity index (χ0n) is 10.3. The Morgan fingerprint density at radius 2 is 1.94 bits per heavy atom. The highest BCUT2D eigenvalue weighted by molar-refractivity contribution is 7.99. The van der Waals surface area contributed by atoms with Gasteiger partial charge in [0.15, 0.2) is 0 Å². The van der Waals surface area contributed by atoms with E-state index in [0.29, 0.717) is 16.9 Å². The Labute approximate surface area is 103 Å². The maximum atomic E-state index is 5.78. The summed E-state index contributed by atoms with van der Waals surface area (Å²) in [6.45, 7) is 7.46. The van der Waals surface area contributed by atoms with Crippen LogP contribution in [-0.2, 0) is 0 Å². The molecule has 16 heavy (non-hydrogen) atoms. The standard InChI is InChI=1S/C13H21NOS/c1-10(2)11(3)16-9-8-15-13-7-5-4-6-12(13)14/h4-7,10-11H,8-9,14H2,1-3H3. The monoisotopic (exact) mass is 239 g/mol. The summed E-state index contributed by atoms with van der Waals surface area (Å²) in [5.74, 6) is 2.51. The zero-order valence-corrected chi connectivity index (χ0v) is 11.1. The van der Waals surface area contributed by atoms with Gasteiger partial charge in [-0.15, -0.1) is 0 Å². The molecule has 1 aromatic carbocycles. The van der Waals surface area contributed by atoms with Gasteiger partial charge in [-0.05, 0) is 18.1 Å². The smallest absolute Gasteiger partial charge is 0.142 e. The number of hydrogen-bond donors (Lipinski definition) is 1. The highest BCUT2D eigenvalue weighted by Gasteiger charge is 2.07. The van der Waals surface area contributed by atoms with E-state index in [0.717, 1.165) is 18.1 Å². The lowest BCUT2D eigenvalue weighted by atomic mass is 10.2. The summed E-state index contributed by atoms with van der Waals surface area (Å²) in [4.78, 5) is 0. The van der Waals surface area contributed by atoms with E-state index in [1.54, 1.807) is 0 Å². The molecular weight excluding hydrogens is 218 g/mol. The van der Waals surface area contributed by atoms with Crippen LogP contribution in [0.1, 0.15) is 20.8 Å². The third-order valence-corrected chi connectivity index (χ3v) is 4.05. The van der Waals surface area contributed by atoms with Crippen LogP contribution < -0.4 is 10.5 Å². The number of hydrogen-bond acceptors (Lipinski definition) is 3. The molecule has 1 unspecified atom stereocenters. The number of ether oxygens (including phenoxy) is 1. The van der Waals surface area contributed by atoms with Gasteiger partial charge in [0.1, 0.15) is 5.75 Å². The number of nitrogens with two attached hydrogens (primary N) is 1. The minimum atomic E-state index is 0.678. The molecule has 0 saturated carbocycles. The van der Waals surface area contributed by atoms with E-state index in [9.17, 15) is 0 Å². The van der Waals surface area contributed by atoms with Crippen molar-refractivity contribution in [3.63, 3.8) is 0 Å². The van der Waals surface area contributed by atoms with Gasteiger partial charge in [-0.2, -0.15) is 11.8 Å². The second kappa shape index (κ2) is 6.69. The maximum absolute atomic E-state index is 5.78. The minimum absolute atomic E-state index is 0.678. The number of anilines is 1. The van der Waals surface area contributed by atoms with Crippen LogP contribution in [0.4, 0.5) is 5.69 Å². The van der Waals surface area contributed by atoms with Gasteiger partial charge < -0.3 is 10.5 Å². The van der Waals surface area contributed by atoms with Crippen molar-refractivity contribution in [2.75, 3.05) is 18.1 Å². The van der Waals surface area contributed by atoms with Gasteiger partial charge in [0, 0.05) is 11.0 Å². The largest absolute Gasteiger partial charge is 0.491 e. The van der Waals surface area contributed by atoms with Gasteiger partial charge in [-0.25, -0.2) is 0 Å². The van der Waals surface area contributed by atoms with Gasteiger partial charge in [0.2, 0.25) is 0 Å². The first-order valence-corrected chi connectivity index (χ1v) is 6.75. The molecule has 0 fully saturated rings. The third-order valence-electron chi connectivity index (χ3n) is 2.58. The summed E-state index contributed by atoms with van der Waals surface area (Å²) in [5.41, 5.74) is 6.49. The van der Waals surface area contributed by atoms with E-state index in [-0.39, 0.29) is 0 Å². The molecule has 0 saturated heterocycles. The first-order chi connectivity index (χ1) is 7.61. The van der Waals surface area contributed by atoms with Crippen molar-refractivity contribution in [2.24, 2.45) is 5.92 Å². The molecule has 0 aromatic heterocycles. The summed E-state index contributed by atoms with van der Waals surface area (Å²) in [6.07, 6.45) is 0. The van der Waals surface area contributed by atoms with E-state index in [2.05, 4.69) is 20.8 Å². The van der Waals surface area contributed by atoms with E-state index in [4.69, 9.17) is 10.5 Å². The number of nitrogen functional groups attached to an aromatic ring is 1. The quantitative estimate of drug-likeness (QED) is 0.610. The molecule has 0 aliphatic carbocycles. The Morgan fingerprint density at radius 3 is 2.56 bits per heavy atom. The maximum Gasteiger partial charge on any atom is 0.142 e. The van der Waals surface area contributed by atoms with Crippen LogP contribution in [0.5, 0.6) is 5.75 Å². The molecule has 3 heteroatoms. The molecule has 0 heterocycles. The van der Waals surface area contributed by atoms with Gasteiger partial charge in [0.05, 0.1) is 12.3 Å². The normalized spacial score (nSPS) is 12.8. The number of para-hydroxylation sites is 2. The van der Waals surface area contributed by atoms with E-state index in [1.165, 1.54) is 0 Å². The summed E-state index contributed by atoms with van der Waals surface area (Å²) in [5, 5.41) is 0.678. The molecule has 0 radical (unpaired) electrons. The van der Waals surface area contributed by atoms with Crippen molar-refractivity contribution < 1.29 is 4.74 Å². The fraction of sp³-hybridized carbons (Fsp3) is 0.538. The Bertz CT molecular complexity index is 315. The Hall–Kier alpha value is -0.830. The molecule has 1 aromatic rings. The lowest BCUT2D eigenvalue weighted by Gasteiger charge is -2.15. The van der Waals surface area contributed by atoms with Crippen molar-refractivity contribution >= 4 is 17.4 Å². The molecule has 2 nitrogen and oxygen atoms in total. The van der Waals surface area contributed by atoms with Crippen LogP contribution in [-0.4, -0.2) is 17.6 Å². The van der Waals surface area contributed by atoms with E-state index in [1.807, 2.05) is 36.0 Å². The number of rotatable bonds is 6. The van der Waals surface area contributed by atoms with Crippen LogP contribution in [0.25, 0.3) is 0 Å². The lowest BCUT2D eigenvalue weighted by Crippen LogP contribution is -2.10. The van der Waals surface area contributed by atoms with E-state index >= 15 is 0 Å². The molecule has 1 rings (SSSR count). The van der Waals surface area contributed by atoms with Crippen molar-refractivity contribution in [3.8, 4) is 5.75 Å². The summed E-state index contributed by atoms with van der Waals surface area (Å²) < 4.78 is 5.62. The molecule has 90 valence electrons. The molecule has 0 aliphatic heterocycles. The second-order valence-corrected chi connectivity index (χ2v) is 5.69. The topological polar surface area (TPSA) is 35.2 Å². The third kappa shape index (κ3) is 4.35. The predicted molar refractivity (Wildman–Crippen MR) is 73.1 cm³/mol. The molecule has 1 atom stereocenters. The summed E-state index contributed by atoms with van der Waals surface area (Å²) in [7, 11) is 0. The number of thioether (sulfide) groups is 1. The molecule has 2 N–H and O–H groups in total. The predicted octanol–water partition coefficient (Wildman–Crippen LogP) is 3.43. The fourth-order valence-electron chi connectivity index (χ4n) is 1.19. The minimum Gasteiger partial charge on any atom is -0.491 e. The van der Waals surface area contributed by atoms with E-state index < -0.39 is 0 Å². The average molecular weight is 239 g/mol. The first-order valence-electron chi connectivity index (χ1n) is 5.70. The lowest BCUT2D eigenvalue weighted by molar-refractivity contribution is 0.345. The molecule has 0 amide bonds. The fourth-order valence-corrected chi connectivity index (χ4v) is 2.13. The van der Waals surface area contributed by atoms with Crippen molar-refractivity contribution in [2.45, 2.75) is 26.0 Å². The van der Waals surface area contributed by atoms with Crippen molar-refractivity contribution in [1.82, 2.24) is 0 Å². The van der Waals surface area contributed by atoms with Gasteiger partial charge in [-0.1, -0.05) is 32.9 Å². The second-order valence-electron chi connectivity index (χ2n) is 4.21. The summed E-state index contributed by atoms with van der Waals surface area (Å²) in [6, 6.07) is 7.62. The van der Waals surface area contributed by atoms with Crippen LogP contribution >= 0.6 is 11.8 Å². The van der Waals surface area contributed by atoms with Crippen LogP contribution in [0, 0.1) is 5.92 Å². The van der Waals surface area contributed by atoms with Gasteiger partial charge in [0.25, 0.3) is 0 Å². The Morgan fingerprint density at radius 1 is 1.25 bits per heavy atom. The highest BCUT2D eigenvalue weighted by atomic mass is 32.2. The van der Waals surface area contributed by atoms with Crippen LogP contribution in [0.2, 0.25) is 0 Å².